The average Bonchev–Trinajstić information content (AvgIpc) is 2.70. The smallest absolute Gasteiger partial charge is 0.426 e. The van der Waals surface area contributed by atoms with Crippen LogP contribution in [-0.2, 0) is 9.45 Å². The number of carbonyl (C=O) groups is 1. The third-order valence-corrected chi connectivity index (χ3v) is 3.12. The molecule has 0 aliphatic carbocycles. The first-order valence-corrected chi connectivity index (χ1v) is 6.89. The van der Waals surface area contributed by atoms with Crippen LogP contribution in [0.3, 0.4) is 0 Å². The zero-order chi connectivity index (χ0) is 14.4. The van der Waals surface area contributed by atoms with Crippen molar-refractivity contribution >= 4 is 30.9 Å². The number of hydrogen-bond donors (Lipinski definition) is 2. The van der Waals surface area contributed by atoms with E-state index in [0.29, 0.717) is 11.2 Å². The van der Waals surface area contributed by atoms with Gasteiger partial charge in [0.1, 0.15) is 12.0 Å². The number of aldehydes is 1. The maximum absolute atomic E-state index is 10.6. The molecular weight excluding hydrogens is 267 g/mol. The van der Waals surface area contributed by atoms with E-state index < -0.39 is 7.12 Å². The summed E-state index contributed by atoms with van der Waals surface area (Å²) < 4.78 is 10.7. The van der Waals surface area contributed by atoms with Crippen LogP contribution in [0.25, 0.3) is 0 Å². The minimum Gasteiger partial charge on any atom is -0.426 e. The van der Waals surface area contributed by atoms with E-state index in [-0.39, 0.29) is 12.5 Å². The van der Waals surface area contributed by atoms with E-state index in [9.17, 15) is 9.82 Å². The van der Waals surface area contributed by atoms with Gasteiger partial charge in [0.15, 0.2) is 0 Å². The van der Waals surface area contributed by atoms with Gasteiger partial charge >= 0.3 is 7.12 Å². The van der Waals surface area contributed by atoms with E-state index in [2.05, 4.69) is 0 Å². The summed E-state index contributed by atoms with van der Waals surface area (Å²) in [6.45, 7) is 1.92. The number of carbonyl (C=O) groups excluding carboxylic acids is 1. The van der Waals surface area contributed by atoms with E-state index in [4.69, 9.17) is 13.9 Å². The van der Waals surface area contributed by atoms with Gasteiger partial charge in [-0.25, -0.2) is 0 Å². The lowest BCUT2D eigenvalue weighted by Gasteiger charge is -2.12. The number of benzene rings is 1. The monoisotopic (exact) mass is 284 g/mol. The zero-order valence-electron chi connectivity index (χ0n) is 11.1. The van der Waals surface area contributed by atoms with Gasteiger partial charge in [0.25, 0.3) is 0 Å². The Morgan fingerprint density at radius 1 is 1.53 bits per heavy atom. The van der Waals surface area contributed by atoms with E-state index >= 15 is 0 Å². The molecule has 0 aromatic heterocycles. The number of hydrogen-bond acceptors (Lipinski definition) is 6. The predicted octanol–water partition coefficient (Wildman–Crippen LogP) is 0.608. The molecule has 1 heterocycles. The minimum absolute atomic E-state index is 0.258. The molecule has 0 bridgehead atoms. The van der Waals surface area contributed by atoms with Gasteiger partial charge in [0.05, 0.1) is 18.1 Å². The first kappa shape index (κ1) is 16.0. The Morgan fingerprint density at radius 3 is 2.79 bits per heavy atom. The molecule has 0 saturated heterocycles. The minimum atomic E-state index is -0.973. The van der Waals surface area contributed by atoms with Crippen LogP contribution in [0.4, 0.5) is 0 Å². The Kier molecular flexibility index (Phi) is 6.37. The number of aliphatic hydroxyl groups excluding tert-OH is 1. The largest absolute Gasteiger partial charge is 0.492 e. The highest BCUT2D eigenvalue weighted by Gasteiger charge is 2.36. The molecule has 0 amide bonds. The quantitative estimate of drug-likeness (QED) is 0.479. The van der Waals surface area contributed by atoms with E-state index in [1.165, 1.54) is 12.0 Å². The second kappa shape index (κ2) is 7.54. The fraction of sp³-hybridized carbons (Fsp3) is 0.417. The Labute approximate surface area is 117 Å². The van der Waals surface area contributed by atoms with Crippen molar-refractivity contribution in [1.29, 1.82) is 0 Å². The van der Waals surface area contributed by atoms with Crippen LogP contribution in [0, 0.1) is 6.92 Å². The van der Waals surface area contributed by atoms with Crippen molar-refractivity contribution in [3.8, 4) is 5.75 Å². The molecule has 19 heavy (non-hydrogen) atoms. The summed E-state index contributed by atoms with van der Waals surface area (Å²) in [7, 11) is 0.0269. The predicted molar refractivity (Wildman–Crippen MR) is 75.6 cm³/mol. The number of aliphatic hydroxyl groups is 1. The highest BCUT2D eigenvalue weighted by molar-refractivity contribution is 7.94. The molecule has 0 spiro atoms. The Bertz CT molecular complexity index is 440. The summed E-state index contributed by atoms with van der Waals surface area (Å²) in [5, 5.41) is 16.8. The van der Waals surface area contributed by atoms with Crippen molar-refractivity contribution in [3.05, 3.63) is 23.3 Å². The normalized spacial score (nSPS) is 16.5. The van der Waals surface area contributed by atoms with Gasteiger partial charge in [-0.2, -0.15) is 0 Å². The molecule has 1 aromatic rings. The van der Waals surface area contributed by atoms with Crippen molar-refractivity contribution in [2.45, 2.75) is 19.4 Å². The lowest BCUT2D eigenvalue weighted by Crippen LogP contribution is -2.28. The van der Waals surface area contributed by atoms with E-state index in [1.807, 2.05) is 19.2 Å². The molecular formula is C12H17BO5S. The molecule has 7 heteroatoms. The van der Waals surface area contributed by atoms with Crippen molar-refractivity contribution < 1.29 is 23.8 Å². The maximum atomic E-state index is 10.6. The number of aryl methyl sites for hydroxylation is 1. The Balaban J connectivity index is 0.000000861. The van der Waals surface area contributed by atoms with Crippen LogP contribution < -0.4 is 9.65 Å². The van der Waals surface area contributed by atoms with Gasteiger partial charge in [-0.15, -0.1) is 0 Å². The van der Waals surface area contributed by atoms with E-state index in [1.54, 1.807) is 6.07 Å². The molecule has 0 fully saturated rings. The van der Waals surface area contributed by atoms with Crippen LogP contribution >= 0.6 is 12.0 Å². The van der Waals surface area contributed by atoms with Crippen LogP contribution in [0.5, 0.6) is 5.75 Å². The molecule has 1 aliphatic rings. The first-order valence-electron chi connectivity index (χ1n) is 5.74. The molecule has 1 unspecified atom stereocenters. The van der Waals surface area contributed by atoms with Crippen molar-refractivity contribution in [2.75, 3.05) is 13.4 Å². The molecule has 2 rings (SSSR count). The lowest BCUT2D eigenvalue weighted by molar-refractivity contribution is -0.109. The summed E-state index contributed by atoms with van der Waals surface area (Å²) in [5.74, 6) is 0.683. The van der Waals surface area contributed by atoms with Crippen molar-refractivity contribution in [1.82, 2.24) is 0 Å². The van der Waals surface area contributed by atoms with Gasteiger partial charge in [-0.05, 0) is 35.6 Å². The van der Waals surface area contributed by atoms with Gasteiger partial charge in [-0.1, -0.05) is 0 Å². The Hall–Kier alpha value is -1.02. The maximum Gasteiger partial charge on any atom is 0.492 e. The summed E-state index contributed by atoms with van der Waals surface area (Å²) in [4.78, 5) is 10.6. The van der Waals surface area contributed by atoms with E-state index in [0.717, 1.165) is 24.5 Å². The first-order chi connectivity index (χ1) is 9.17. The lowest BCUT2D eigenvalue weighted by atomic mass is 9.78. The summed E-state index contributed by atoms with van der Waals surface area (Å²) in [6.07, 6.45) is 2.54. The fourth-order valence-corrected chi connectivity index (χ4v) is 2.43. The summed E-state index contributed by atoms with van der Waals surface area (Å²) in [6, 6.07) is 3.64. The number of fused-ring (bicyclic) bond motifs is 1. The second-order valence-corrected chi connectivity index (χ2v) is 4.37. The molecule has 1 aliphatic heterocycles. The van der Waals surface area contributed by atoms with Crippen molar-refractivity contribution in [3.63, 3.8) is 0 Å². The highest BCUT2D eigenvalue weighted by atomic mass is 32.2. The third-order valence-electron chi connectivity index (χ3n) is 2.76. The molecule has 0 saturated carbocycles. The van der Waals surface area contributed by atoms with Crippen LogP contribution in [0.2, 0.25) is 0 Å². The van der Waals surface area contributed by atoms with Gasteiger partial charge in [-0.3, -0.25) is 0 Å². The van der Waals surface area contributed by atoms with Gasteiger partial charge in [0.2, 0.25) is 0 Å². The zero-order valence-corrected chi connectivity index (χ0v) is 11.9. The molecule has 0 radical (unpaired) electrons. The molecule has 1 atom stereocenters. The highest BCUT2D eigenvalue weighted by Crippen LogP contribution is 2.31. The van der Waals surface area contributed by atoms with Gasteiger partial charge in [0, 0.05) is 19.8 Å². The van der Waals surface area contributed by atoms with Crippen molar-refractivity contribution in [2.24, 2.45) is 0 Å². The molecule has 104 valence electrons. The molecule has 2 N–H and O–H groups in total. The topological polar surface area (TPSA) is 76.0 Å². The fourth-order valence-electron chi connectivity index (χ4n) is 2.14. The molecule has 1 aromatic carbocycles. The number of rotatable bonds is 4. The SMILES string of the molecule is CO.CSOc1cc(C)c2c(c1)B(O)OC2CC=O. The Morgan fingerprint density at radius 2 is 2.21 bits per heavy atom. The average molecular weight is 284 g/mol. The summed E-state index contributed by atoms with van der Waals surface area (Å²) >= 11 is 1.24. The van der Waals surface area contributed by atoms with Crippen LogP contribution in [0.1, 0.15) is 23.7 Å². The molecule has 5 nitrogen and oxygen atoms in total. The second-order valence-electron chi connectivity index (χ2n) is 3.87. The standard InChI is InChI=1S/C11H13BO4S.CH4O/c1-7-5-8(16-17-2)6-9-11(7)10(3-4-13)15-12(9)14;1-2/h4-6,10,14H,3H2,1-2H3;2H,1H3. The van der Waals surface area contributed by atoms with Gasteiger partial charge < -0.3 is 23.8 Å². The summed E-state index contributed by atoms with van der Waals surface area (Å²) in [5.41, 5.74) is 2.56. The van der Waals surface area contributed by atoms with Crippen LogP contribution in [-0.4, -0.2) is 36.9 Å². The van der Waals surface area contributed by atoms with Crippen LogP contribution in [0.15, 0.2) is 12.1 Å². The third kappa shape index (κ3) is 3.51.